The monoisotopic (exact) mass is 396 g/mol. The average Bonchev–Trinajstić information content (AvgIpc) is 3.09. The Morgan fingerprint density at radius 3 is 2.46 bits per heavy atom. The van der Waals surface area contributed by atoms with Crippen LogP contribution in [0.15, 0.2) is 61.2 Å². The number of imidazole rings is 1. The molecule has 0 amide bonds. The minimum Gasteiger partial charge on any atom is -0.336 e. The van der Waals surface area contributed by atoms with E-state index in [1.54, 1.807) is 6.20 Å². The Morgan fingerprint density at radius 2 is 1.79 bits per heavy atom. The van der Waals surface area contributed by atoms with Gasteiger partial charge in [0.1, 0.15) is 0 Å². The standard InChI is InChI=1S/C18H15Cl3N2S/c19-15-4-1-13(2-5-15)11-24-18(10-23-8-7-22-12-23)14-3-6-16(20)17(21)9-14/h1-9,12,18H,10-11H2. The third-order valence-electron chi connectivity index (χ3n) is 3.62. The van der Waals surface area contributed by atoms with Crippen LogP contribution in [0.3, 0.4) is 0 Å². The van der Waals surface area contributed by atoms with Gasteiger partial charge in [0, 0.05) is 35.0 Å². The molecular weight excluding hydrogens is 383 g/mol. The molecule has 0 fully saturated rings. The Labute approximate surface area is 160 Å². The van der Waals surface area contributed by atoms with Crippen LogP contribution in [0.25, 0.3) is 0 Å². The van der Waals surface area contributed by atoms with Crippen molar-refractivity contribution in [1.82, 2.24) is 9.55 Å². The molecule has 0 spiro atoms. The Morgan fingerprint density at radius 1 is 1.00 bits per heavy atom. The molecule has 1 heterocycles. The second kappa shape index (κ2) is 8.30. The van der Waals surface area contributed by atoms with Crippen LogP contribution in [-0.2, 0) is 12.3 Å². The quantitative estimate of drug-likeness (QED) is 0.471. The van der Waals surface area contributed by atoms with E-state index in [2.05, 4.69) is 21.7 Å². The van der Waals surface area contributed by atoms with Crippen LogP contribution in [0.4, 0.5) is 0 Å². The fraction of sp³-hybridized carbons (Fsp3) is 0.167. The molecule has 3 aromatic rings. The van der Waals surface area contributed by atoms with Gasteiger partial charge in [0.05, 0.1) is 16.4 Å². The summed E-state index contributed by atoms with van der Waals surface area (Å²) in [5, 5.41) is 2.15. The van der Waals surface area contributed by atoms with E-state index in [1.807, 2.05) is 54.6 Å². The zero-order valence-electron chi connectivity index (χ0n) is 12.7. The van der Waals surface area contributed by atoms with Crippen molar-refractivity contribution in [3.8, 4) is 0 Å². The highest BCUT2D eigenvalue weighted by molar-refractivity contribution is 7.98. The van der Waals surface area contributed by atoms with Gasteiger partial charge in [-0.25, -0.2) is 4.98 Å². The van der Waals surface area contributed by atoms with E-state index >= 15 is 0 Å². The molecule has 0 N–H and O–H groups in total. The van der Waals surface area contributed by atoms with Crippen LogP contribution in [0, 0.1) is 0 Å². The minimum atomic E-state index is 0.240. The van der Waals surface area contributed by atoms with Crippen molar-refractivity contribution in [3.05, 3.63) is 87.4 Å². The van der Waals surface area contributed by atoms with Gasteiger partial charge >= 0.3 is 0 Å². The summed E-state index contributed by atoms with van der Waals surface area (Å²) in [4.78, 5) is 4.12. The number of benzene rings is 2. The SMILES string of the molecule is Clc1ccc(CSC(Cn2ccnc2)c2ccc(Cl)c(Cl)c2)cc1. The zero-order chi connectivity index (χ0) is 16.9. The summed E-state index contributed by atoms with van der Waals surface area (Å²) >= 11 is 20.1. The molecule has 0 saturated heterocycles. The first kappa shape index (κ1) is 17.7. The van der Waals surface area contributed by atoms with E-state index in [4.69, 9.17) is 34.8 Å². The highest BCUT2D eigenvalue weighted by atomic mass is 35.5. The summed E-state index contributed by atoms with van der Waals surface area (Å²) in [6.45, 7) is 0.816. The van der Waals surface area contributed by atoms with E-state index in [9.17, 15) is 0 Å². The molecular formula is C18H15Cl3N2S. The summed E-state index contributed by atoms with van der Waals surface area (Å²) in [6.07, 6.45) is 5.58. The fourth-order valence-electron chi connectivity index (χ4n) is 2.33. The Kier molecular flexibility index (Phi) is 6.12. The smallest absolute Gasteiger partial charge is 0.0946 e. The highest BCUT2D eigenvalue weighted by Gasteiger charge is 2.15. The normalized spacial score (nSPS) is 12.3. The van der Waals surface area contributed by atoms with Gasteiger partial charge in [0.15, 0.2) is 0 Å². The Bertz CT molecular complexity index is 789. The first-order valence-corrected chi connectivity index (χ1v) is 9.57. The largest absolute Gasteiger partial charge is 0.336 e. The Balaban J connectivity index is 1.78. The maximum absolute atomic E-state index is 6.20. The number of halogens is 3. The van der Waals surface area contributed by atoms with Crippen molar-refractivity contribution in [2.24, 2.45) is 0 Å². The van der Waals surface area contributed by atoms with Crippen molar-refractivity contribution in [3.63, 3.8) is 0 Å². The van der Waals surface area contributed by atoms with E-state index in [0.717, 1.165) is 22.9 Å². The second-order valence-corrected chi connectivity index (χ2v) is 7.80. The van der Waals surface area contributed by atoms with Crippen LogP contribution >= 0.6 is 46.6 Å². The first-order chi connectivity index (χ1) is 11.6. The minimum absolute atomic E-state index is 0.240. The molecule has 2 aromatic carbocycles. The topological polar surface area (TPSA) is 17.8 Å². The van der Waals surface area contributed by atoms with Crippen LogP contribution in [0.2, 0.25) is 15.1 Å². The number of aromatic nitrogens is 2. The van der Waals surface area contributed by atoms with Gasteiger partial charge in [0.25, 0.3) is 0 Å². The number of thioether (sulfide) groups is 1. The fourth-order valence-corrected chi connectivity index (χ4v) is 3.97. The molecule has 0 bridgehead atoms. The molecule has 0 aliphatic rings. The number of hydrogen-bond acceptors (Lipinski definition) is 2. The number of hydrogen-bond donors (Lipinski definition) is 0. The van der Waals surface area contributed by atoms with Crippen LogP contribution in [0.5, 0.6) is 0 Å². The van der Waals surface area contributed by atoms with E-state index in [-0.39, 0.29) is 5.25 Å². The summed E-state index contributed by atoms with van der Waals surface area (Å²) in [6, 6.07) is 13.8. The molecule has 6 heteroatoms. The summed E-state index contributed by atoms with van der Waals surface area (Å²) in [5.74, 6) is 0.886. The summed E-state index contributed by atoms with van der Waals surface area (Å²) in [7, 11) is 0. The molecule has 24 heavy (non-hydrogen) atoms. The van der Waals surface area contributed by atoms with Crippen LogP contribution in [-0.4, -0.2) is 9.55 Å². The van der Waals surface area contributed by atoms with Crippen molar-refractivity contribution in [1.29, 1.82) is 0 Å². The summed E-state index contributed by atoms with van der Waals surface area (Å²) in [5.41, 5.74) is 2.39. The van der Waals surface area contributed by atoms with Gasteiger partial charge in [-0.2, -0.15) is 0 Å². The van der Waals surface area contributed by atoms with Gasteiger partial charge in [-0.1, -0.05) is 53.0 Å². The maximum Gasteiger partial charge on any atom is 0.0946 e. The lowest BCUT2D eigenvalue weighted by Gasteiger charge is -2.18. The molecule has 0 aliphatic heterocycles. The highest BCUT2D eigenvalue weighted by Crippen LogP contribution is 2.36. The van der Waals surface area contributed by atoms with Crippen molar-refractivity contribution < 1.29 is 0 Å². The molecule has 0 saturated carbocycles. The first-order valence-electron chi connectivity index (χ1n) is 7.38. The molecule has 1 unspecified atom stereocenters. The average molecular weight is 398 g/mol. The van der Waals surface area contributed by atoms with E-state index in [1.165, 1.54) is 5.56 Å². The van der Waals surface area contributed by atoms with Gasteiger partial charge in [-0.15, -0.1) is 11.8 Å². The maximum atomic E-state index is 6.20. The molecule has 124 valence electrons. The second-order valence-electron chi connectivity index (χ2n) is 5.36. The lowest BCUT2D eigenvalue weighted by Crippen LogP contribution is -2.05. The van der Waals surface area contributed by atoms with Crippen LogP contribution in [0.1, 0.15) is 16.4 Å². The number of rotatable bonds is 6. The lowest BCUT2D eigenvalue weighted by molar-refractivity contribution is 0.683. The Hall–Kier alpha value is -1.13. The molecule has 1 atom stereocenters. The van der Waals surface area contributed by atoms with Crippen molar-refractivity contribution >= 4 is 46.6 Å². The number of nitrogens with zero attached hydrogens (tertiary/aromatic N) is 2. The molecule has 0 radical (unpaired) electrons. The van der Waals surface area contributed by atoms with E-state index in [0.29, 0.717) is 10.0 Å². The molecule has 0 aliphatic carbocycles. The van der Waals surface area contributed by atoms with E-state index < -0.39 is 0 Å². The van der Waals surface area contributed by atoms with Gasteiger partial charge in [-0.3, -0.25) is 0 Å². The molecule has 1 aromatic heterocycles. The van der Waals surface area contributed by atoms with Crippen molar-refractivity contribution in [2.45, 2.75) is 17.5 Å². The molecule has 2 nitrogen and oxygen atoms in total. The van der Waals surface area contributed by atoms with Gasteiger partial charge in [0.2, 0.25) is 0 Å². The zero-order valence-corrected chi connectivity index (χ0v) is 15.8. The van der Waals surface area contributed by atoms with Crippen LogP contribution < -0.4 is 0 Å². The summed E-state index contributed by atoms with van der Waals surface area (Å²) < 4.78 is 2.07. The van der Waals surface area contributed by atoms with Crippen molar-refractivity contribution in [2.75, 3.05) is 0 Å². The predicted octanol–water partition coefficient (Wildman–Crippen LogP) is 6.52. The van der Waals surface area contributed by atoms with Gasteiger partial charge < -0.3 is 4.57 Å². The predicted molar refractivity (Wildman–Crippen MR) is 104 cm³/mol. The third kappa shape index (κ3) is 4.70. The van der Waals surface area contributed by atoms with Gasteiger partial charge in [-0.05, 0) is 35.4 Å². The lowest BCUT2D eigenvalue weighted by atomic mass is 10.1. The third-order valence-corrected chi connectivity index (χ3v) is 5.93. The molecule has 3 rings (SSSR count).